The molecule has 4 aromatic rings. The monoisotopic (exact) mass is 336 g/mol. The molecule has 0 unspecified atom stereocenters. The first-order chi connectivity index (χ1) is 11.8. The summed E-state index contributed by atoms with van der Waals surface area (Å²) in [6, 6.07) is 16.0. The van der Waals surface area contributed by atoms with E-state index in [9.17, 15) is 0 Å². The summed E-state index contributed by atoms with van der Waals surface area (Å²) in [6.45, 7) is 0. The number of fused-ring (bicyclic) bond motifs is 1. The number of imidazole rings is 1. The molecule has 0 atom stereocenters. The highest BCUT2D eigenvalue weighted by Crippen LogP contribution is 2.36. The molecule has 0 saturated heterocycles. The van der Waals surface area contributed by atoms with Gasteiger partial charge in [-0.05, 0) is 18.2 Å². The summed E-state index contributed by atoms with van der Waals surface area (Å²) in [7, 11) is 3.34. The molecule has 2 aromatic heterocycles. The number of aromatic nitrogens is 2. The Labute approximate surface area is 143 Å². The van der Waals surface area contributed by atoms with Gasteiger partial charge in [-0.3, -0.25) is 4.40 Å². The molecule has 2 heterocycles. The summed E-state index contributed by atoms with van der Waals surface area (Å²) >= 11 is 1.61. The van der Waals surface area contributed by atoms with Gasteiger partial charge in [-0.1, -0.05) is 30.3 Å². The first kappa shape index (κ1) is 14.8. The summed E-state index contributed by atoms with van der Waals surface area (Å²) in [5, 5.41) is 2.09. The van der Waals surface area contributed by atoms with E-state index in [-0.39, 0.29) is 0 Å². The van der Waals surface area contributed by atoms with Crippen LogP contribution >= 0.6 is 11.3 Å². The highest BCUT2D eigenvalue weighted by atomic mass is 32.1. The van der Waals surface area contributed by atoms with Gasteiger partial charge in [0.25, 0.3) is 0 Å². The fourth-order valence-electron chi connectivity index (χ4n) is 2.74. The first-order valence-corrected chi connectivity index (χ1v) is 8.42. The second-order valence-electron chi connectivity index (χ2n) is 5.33. The standard InChI is InChI=1S/C19H16N2O2S/c1-22-14-8-9-18(23-2)15(10-14)17-12-24-19-20-16(11-21(17)19)13-6-4-3-5-7-13/h3-12H,1-2H3. The molecule has 0 amide bonds. The van der Waals surface area contributed by atoms with Crippen LogP contribution in [0.25, 0.3) is 27.5 Å². The molecule has 0 aliphatic heterocycles. The molecule has 5 heteroatoms. The molecule has 0 aliphatic rings. The van der Waals surface area contributed by atoms with Crippen LogP contribution in [0.2, 0.25) is 0 Å². The van der Waals surface area contributed by atoms with E-state index in [1.54, 1.807) is 25.6 Å². The van der Waals surface area contributed by atoms with Crippen LogP contribution in [0.5, 0.6) is 11.5 Å². The van der Waals surface area contributed by atoms with E-state index in [0.717, 1.165) is 39.0 Å². The molecule has 0 bridgehead atoms. The highest BCUT2D eigenvalue weighted by molar-refractivity contribution is 7.15. The van der Waals surface area contributed by atoms with Crippen LogP contribution in [0.4, 0.5) is 0 Å². The largest absolute Gasteiger partial charge is 0.497 e. The van der Waals surface area contributed by atoms with Gasteiger partial charge in [0.2, 0.25) is 0 Å². The van der Waals surface area contributed by atoms with Crippen molar-refractivity contribution in [1.29, 1.82) is 0 Å². The van der Waals surface area contributed by atoms with Crippen molar-refractivity contribution in [3.8, 4) is 34.0 Å². The Morgan fingerprint density at radius 2 is 1.83 bits per heavy atom. The Bertz CT molecular complexity index is 989. The van der Waals surface area contributed by atoms with Crippen LogP contribution in [0, 0.1) is 0 Å². The van der Waals surface area contributed by atoms with Crippen molar-refractivity contribution < 1.29 is 9.47 Å². The maximum absolute atomic E-state index is 5.52. The normalized spacial score (nSPS) is 10.9. The molecule has 4 nitrogen and oxygen atoms in total. The quantitative estimate of drug-likeness (QED) is 0.540. The second kappa shape index (κ2) is 6.02. The van der Waals surface area contributed by atoms with Gasteiger partial charge in [0.15, 0.2) is 4.96 Å². The predicted molar refractivity (Wildman–Crippen MR) is 97.0 cm³/mol. The van der Waals surface area contributed by atoms with Gasteiger partial charge in [0, 0.05) is 22.7 Å². The Balaban J connectivity index is 1.88. The minimum atomic E-state index is 0.800. The number of thiazole rings is 1. The predicted octanol–water partition coefficient (Wildman–Crippen LogP) is 4.75. The van der Waals surface area contributed by atoms with Crippen molar-refractivity contribution in [1.82, 2.24) is 9.38 Å². The van der Waals surface area contributed by atoms with Crippen LogP contribution in [0.15, 0.2) is 60.1 Å². The van der Waals surface area contributed by atoms with Crippen molar-refractivity contribution in [2.45, 2.75) is 0 Å². The molecule has 4 rings (SSSR count). The number of methoxy groups -OCH3 is 2. The van der Waals surface area contributed by atoms with Crippen molar-refractivity contribution in [2.24, 2.45) is 0 Å². The van der Waals surface area contributed by atoms with E-state index in [1.165, 1.54) is 0 Å². The first-order valence-electron chi connectivity index (χ1n) is 7.54. The molecular formula is C19H16N2O2S. The summed E-state index contributed by atoms with van der Waals surface area (Å²) < 4.78 is 13.0. The van der Waals surface area contributed by atoms with E-state index in [2.05, 4.69) is 28.1 Å². The Morgan fingerprint density at radius 1 is 1.00 bits per heavy atom. The third-order valence-corrected chi connectivity index (χ3v) is 4.80. The van der Waals surface area contributed by atoms with Crippen LogP contribution in [-0.4, -0.2) is 23.6 Å². The molecule has 0 fully saturated rings. The summed E-state index contributed by atoms with van der Waals surface area (Å²) in [5.74, 6) is 1.61. The zero-order valence-electron chi connectivity index (χ0n) is 13.4. The van der Waals surface area contributed by atoms with Crippen molar-refractivity contribution >= 4 is 16.3 Å². The molecule has 120 valence electrons. The molecular weight excluding hydrogens is 320 g/mol. The van der Waals surface area contributed by atoms with Crippen molar-refractivity contribution in [3.05, 3.63) is 60.1 Å². The van der Waals surface area contributed by atoms with Gasteiger partial charge in [-0.25, -0.2) is 4.98 Å². The number of ether oxygens (including phenoxy) is 2. The Hall–Kier alpha value is -2.79. The minimum absolute atomic E-state index is 0.800. The fraction of sp³-hybridized carbons (Fsp3) is 0.105. The van der Waals surface area contributed by atoms with Gasteiger partial charge in [-0.15, -0.1) is 11.3 Å². The maximum Gasteiger partial charge on any atom is 0.194 e. The molecule has 0 spiro atoms. The molecule has 0 radical (unpaired) electrons. The fourth-order valence-corrected chi connectivity index (χ4v) is 3.61. The lowest BCUT2D eigenvalue weighted by atomic mass is 10.1. The third kappa shape index (κ3) is 2.43. The average molecular weight is 336 g/mol. The van der Waals surface area contributed by atoms with E-state index in [0.29, 0.717) is 0 Å². The van der Waals surface area contributed by atoms with E-state index in [1.807, 2.05) is 36.4 Å². The van der Waals surface area contributed by atoms with Crippen LogP contribution in [0.1, 0.15) is 0 Å². The van der Waals surface area contributed by atoms with Crippen molar-refractivity contribution in [3.63, 3.8) is 0 Å². The zero-order chi connectivity index (χ0) is 16.5. The molecule has 0 saturated carbocycles. The zero-order valence-corrected chi connectivity index (χ0v) is 14.2. The van der Waals surface area contributed by atoms with Gasteiger partial charge >= 0.3 is 0 Å². The summed E-state index contributed by atoms with van der Waals surface area (Å²) in [5.41, 5.74) is 4.10. The van der Waals surface area contributed by atoms with Crippen LogP contribution in [-0.2, 0) is 0 Å². The minimum Gasteiger partial charge on any atom is -0.497 e. The van der Waals surface area contributed by atoms with E-state index >= 15 is 0 Å². The Kier molecular flexibility index (Phi) is 3.70. The van der Waals surface area contributed by atoms with Gasteiger partial charge < -0.3 is 9.47 Å². The smallest absolute Gasteiger partial charge is 0.194 e. The number of hydrogen-bond acceptors (Lipinski definition) is 4. The van der Waals surface area contributed by atoms with Gasteiger partial charge in [0.1, 0.15) is 11.5 Å². The topological polar surface area (TPSA) is 35.8 Å². The van der Waals surface area contributed by atoms with Gasteiger partial charge in [0.05, 0.1) is 25.6 Å². The van der Waals surface area contributed by atoms with Crippen LogP contribution < -0.4 is 9.47 Å². The number of rotatable bonds is 4. The molecule has 0 N–H and O–H groups in total. The third-order valence-electron chi connectivity index (χ3n) is 3.96. The summed E-state index contributed by atoms with van der Waals surface area (Å²) in [6.07, 6.45) is 2.06. The highest BCUT2D eigenvalue weighted by Gasteiger charge is 2.15. The molecule has 2 aromatic carbocycles. The van der Waals surface area contributed by atoms with E-state index < -0.39 is 0 Å². The number of hydrogen-bond donors (Lipinski definition) is 0. The lowest BCUT2D eigenvalue weighted by molar-refractivity contribution is 0.404. The number of benzene rings is 2. The maximum atomic E-state index is 5.52. The lowest BCUT2D eigenvalue weighted by Crippen LogP contribution is -1.92. The second-order valence-corrected chi connectivity index (χ2v) is 6.17. The lowest BCUT2D eigenvalue weighted by Gasteiger charge is -2.09. The van der Waals surface area contributed by atoms with E-state index in [4.69, 9.17) is 14.5 Å². The number of nitrogens with zero attached hydrogens (tertiary/aromatic N) is 2. The SMILES string of the molecule is COc1ccc(OC)c(-c2csc3nc(-c4ccccc4)cn23)c1. The molecule has 24 heavy (non-hydrogen) atoms. The Morgan fingerprint density at radius 3 is 2.58 bits per heavy atom. The van der Waals surface area contributed by atoms with Gasteiger partial charge in [-0.2, -0.15) is 0 Å². The molecule has 0 aliphatic carbocycles. The summed E-state index contributed by atoms with van der Waals surface area (Å²) in [4.78, 5) is 5.69. The van der Waals surface area contributed by atoms with Crippen molar-refractivity contribution in [2.75, 3.05) is 14.2 Å². The van der Waals surface area contributed by atoms with Crippen LogP contribution in [0.3, 0.4) is 0 Å². The average Bonchev–Trinajstić information content (AvgIpc) is 3.22.